The molecule has 2 rings (SSSR count). The van der Waals surface area contributed by atoms with E-state index in [0.29, 0.717) is 17.9 Å². The highest BCUT2D eigenvalue weighted by molar-refractivity contribution is 6.18. The van der Waals surface area contributed by atoms with Crippen LogP contribution in [0.2, 0.25) is 0 Å². The molecule has 0 aliphatic carbocycles. The van der Waals surface area contributed by atoms with Crippen molar-refractivity contribution >= 4 is 11.6 Å². The lowest BCUT2D eigenvalue weighted by Crippen LogP contribution is -2.10. The molecule has 2 unspecified atom stereocenters. The highest BCUT2D eigenvalue weighted by atomic mass is 35.5. The highest BCUT2D eigenvalue weighted by Crippen LogP contribution is 2.25. The van der Waals surface area contributed by atoms with Crippen LogP contribution >= 0.6 is 11.6 Å². The summed E-state index contributed by atoms with van der Waals surface area (Å²) in [4.78, 5) is 0. The third-order valence-corrected chi connectivity index (χ3v) is 4.52. The van der Waals surface area contributed by atoms with Crippen LogP contribution in [0.1, 0.15) is 37.7 Å². The van der Waals surface area contributed by atoms with E-state index >= 15 is 0 Å². The van der Waals surface area contributed by atoms with Crippen LogP contribution in [-0.4, -0.2) is 25.7 Å². The smallest absolute Gasteiger partial charge is 0.122 e. The Morgan fingerprint density at radius 2 is 2.25 bits per heavy atom. The van der Waals surface area contributed by atoms with Gasteiger partial charge in [-0.3, -0.25) is 0 Å². The van der Waals surface area contributed by atoms with Crippen LogP contribution in [0.25, 0.3) is 0 Å². The first-order valence-corrected chi connectivity index (χ1v) is 8.16. The average molecular weight is 297 g/mol. The second-order valence-corrected chi connectivity index (χ2v) is 5.91. The van der Waals surface area contributed by atoms with Gasteiger partial charge in [-0.05, 0) is 49.7 Å². The van der Waals surface area contributed by atoms with Crippen molar-refractivity contribution in [1.29, 1.82) is 0 Å². The van der Waals surface area contributed by atoms with Gasteiger partial charge in [-0.1, -0.05) is 24.6 Å². The van der Waals surface area contributed by atoms with E-state index in [9.17, 15) is 0 Å². The van der Waals surface area contributed by atoms with Crippen LogP contribution in [0, 0.1) is 5.92 Å². The summed E-state index contributed by atoms with van der Waals surface area (Å²) in [5.41, 5.74) is 1.26. The fourth-order valence-electron chi connectivity index (χ4n) is 2.92. The molecule has 0 saturated carbocycles. The van der Waals surface area contributed by atoms with Crippen molar-refractivity contribution in [2.75, 3.05) is 19.6 Å². The van der Waals surface area contributed by atoms with Crippen molar-refractivity contribution in [2.24, 2.45) is 5.92 Å². The van der Waals surface area contributed by atoms with Gasteiger partial charge in [-0.25, -0.2) is 0 Å². The molecule has 2 atom stereocenters. The van der Waals surface area contributed by atoms with Crippen molar-refractivity contribution in [3.8, 4) is 5.75 Å². The summed E-state index contributed by atoms with van der Waals surface area (Å²) < 4.78 is 11.1. The lowest BCUT2D eigenvalue weighted by Gasteiger charge is -2.17. The van der Waals surface area contributed by atoms with Gasteiger partial charge in [-0.2, -0.15) is 0 Å². The number of hydrogen-bond acceptors (Lipinski definition) is 2. The van der Waals surface area contributed by atoms with Crippen LogP contribution < -0.4 is 4.74 Å². The fraction of sp³-hybridized carbons (Fsp3) is 0.647. The van der Waals surface area contributed by atoms with Crippen LogP contribution in [-0.2, 0) is 11.2 Å². The monoisotopic (exact) mass is 296 g/mol. The van der Waals surface area contributed by atoms with E-state index in [4.69, 9.17) is 21.1 Å². The molecule has 1 fully saturated rings. The van der Waals surface area contributed by atoms with Crippen molar-refractivity contribution < 1.29 is 9.47 Å². The molecule has 0 spiro atoms. The Labute approximate surface area is 127 Å². The molecule has 1 aliphatic heterocycles. The van der Waals surface area contributed by atoms with Gasteiger partial charge in [0, 0.05) is 12.5 Å². The maximum atomic E-state index is 6.14. The first kappa shape index (κ1) is 15.7. The molecule has 2 nitrogen and oxygen atoms in total. The molecule has 112 valence electrons. The van der Waals surface area contributed by atoms with Gasteiger partial charge in [-0.15, -0.1) is 11.6 Å². The van der Waals surface area contributed by atoms with E-state index in [0.717, 1.165) is 18.8 Å². The number of rotatable bonds is 8. The minimum absolute atomic E-state index is 0.497. The van der Waals surface area contributed by atoms with E-state index in [1.54, 1.807) is 7.11 Å². The number of methoxy groups -OCH3 is 1. The largest absolute Gasteiger partial charge is 0.496 e. The Morgan fingerprint density at radius 3 is 2.95 bits per heavy atom. The average Bonchev–Trinajstić information content (AvgIpc) is 3.00. The molecule has 1 aromatic rings. The molecule has 20 heavy (non-hydrogen) atoms. The third-order valence-electron chi connectivity index (χ3n) is 4.08. The van der Waals surface area contributed by atoms with Crippen LogP contribution in [0.3, 0.4) is 0 Å². The van der Waals surface area contributed by atoms with E-state index in [1.165, 1.54) is 37.7 Å². The Bertz CT molecular complexity index is 388. The van der Waals surface area contributed by atoms with Crippen LogP contribution in [0.15, 0.2) is 24.3 Å². The number of para-hydroxylation sites is 1. The first-order valence-electron chi connectivity index (χ1n) is 7.63. The lowest BCUT2D eigenvalue weighted by molar-refractivity contribution is 0.101. The number of benzene rings is 1. The first-order chi connectivity index (χ1) is 9.83. The number of alkyl halides is 1. The van der Waals surface area contributed by atoms with E-state index in [-0.39, 0.29) is 0 Å². The quantitative estimate of drug-likeness (QED) is 0.660. The Hall–Kier alpha value is -0.730. The maximum absolute atomic E-state index is 6.14. The molecular weight excluding hydrogens is 272 g/mol. The summed E-state index contributed by atoms with van der Waals surface area (Å²) in [6, 6.07) is 8.23. The number of hydrogen-bond donors (Lipinski definition) is 0. The summed E-state index contributed by atoms with van der Waals surface area (Å²) >= 11 is 6.14. The van der Waals surface area contributed by atoms with Gasteiger partial charge in [0.05, 0.1) is 13.2 Å². The summed E-state index contributed by atoms with van der Waals surface area (Å²) in [6.45, 7) is 0.949. The SMILES string of the molecule is COc1ccccc1CC(CCl)CCCC1CCCO1. The molecule has 1 aliphatic rings. The molecule has 0 radical (unpaired) electrons. The molecular formula is C17H25ClO2. The van der Waals surface area contributed by atoms with Crippen molar-refractivity contribution in [1.82, 2.24) is 0 Å². The molecule has 1 aromatic carbocycles. The van der Waals surface area contributed by atoms with Crippen LogP contribution in [0.4, 0.5) is 0 Å². The zero-order valence-corrected chi connectivity index (χ0v) is 13.1. The lowest BCUT2D eigenvalue weighted by atomic mass is 9.94. The summed E-state index contributed by atoms with van der Waals surface area (Å²) in [5, 5.41) is 0. The van der Waals surface area contributed by atoms with E-state index < -0.39 is 0 Å². The van der Waals surface area contributed by atoms with Crippen molar-refractivity contribution in [2.45, 2.75) is 44.6 Å². The van der Waals surface area contributed by atoms with Gasteiger partial charge in [0.1, 0.15) is 5.75 Å². The van der Waals surface area contributed by atoms with Gasteiger partial charge < -0.3 is 9.47 Å². The fourth-order valence-corrected chi connectivity index (χ4v) is 3.19. The minimum atomic E-state index is 0.497. The summed E-state index contributed by atoms with van der Waals surface area (Å²) in [7, 11) is 1.73. The second-order valence-electron chi connectivity index (χ2n) is 5.60. The van der Waals surface area contributed by atoms with Gasteiger partial charge in [0.25, 0.3) is 0 Å². The van der Waals surface area contributed by atoms with Gasteiger partial charge >= 0.3 is 0 Å². The maximum Gasteiger partial charge on any atom is 0.122 e. The molecule has 3 heteroatoms. The van der Waals surface area contributed by atoms with Gasteiger partial charge in [0.2, 0.25) is 0 Å². The summed E-state index contributed by atoms with van der Waals surface area (Å²) in [6.07, 6.45) is 7.51. The Morgan fingerprint density at radius 1 is 1.40 bits per heavy atom. The zero-order valence-electron chi connectivity index (χ0n) is 12.3. The Balaban J connectivity index is 1.79. The third kappa shape index (κ3) is 4.68. The summed E-state index contributed by atoms with van der Waals surface area (Å²) in [5.74, 6) is 2.21. The standard InChI is InChI=1S/C17H25ClO2/c1-19-17-10-3-2-7-15(17)12-14(13-18)6-4-8-16-9-5-11-20-16/h2-3,7,10,14,16H,4-6,8-9,11-13H2,1H3. The number of halogens is 1. The van der Waals surface area contributed by atoms with Crippen molar-refractivity contribution in [3.05, 3.63) is 29.8 Å². The Kier molecular flexibility index (Phi) is 6.68. The molecule has 0 aromatic heterocycles. The topological polar surface area (TPSA) is 18.5 Å². The molecule has 1 heterocycles. The highest BCUT2D eigenvalue weighted by Gasteiger charge is 2.17. The normalized spacial score (nSPS) is 20.0. The van der Waals surface area contributed by atoms with E-state index in [1.807, 2.05) is 12.1 Å². The number of ether oxygens (including phenoxy) is 2. The molecule has 0 N–H and O–H groups in total. The van der Waals surface area contributed by atoms with Gasteiger partial charge in [0.15, 0.2) is 0 Å². The second kappa shape index (κ2) is 8.53. The van der Waals surface area contributed by atoms with E-state index in [2.05, 4.69) is 12.1 Å². The molecule has 0 bridgehead atoms. The molecule has 0 amide bonds. The zero-order chi connectivity index (χ0) is 14.2. The molecule has 1 saturated heterocycles. The predicted octanol–water partition coefficient (Wildman–Crippen LogP) is 4.44. The minimum Gasteiger partial charge on any atom is -0.496 e. The predicted molar refractivity (Wildman–Crippen MR) is 83.7 cm³/mol. The van der Waals surface area contributed by atoms with Crippen molar-refractivity contribution in [3.63, 3.8) is 0 Å². The van der Waals surface area contributed by atoms with Crippen LogP contribution in [0.5, 0.6) is 5.75 Å².